The summed E-state index contributed by atoms with van der Waals surface area (Å²) >= 11 is 0. The number of nitrogens with zero attached hydrogens (tertiary/aromatic N) is 4. The largest absolute Gasteiger partial charge is 0.453 e. The summed E-state index contributed by atoms with van der Waals surface area (Å²) in [7, 11) is 1.30. The molecular formula is C23H21FN6O4. The van der Waals surface area contributed by atoms with Gasteiger partial charge >= 0.3 is 6.09 Å². The maximum atomic E-state index is 13.3. The number of aromatic nitrogens is 4. The molecule has 34 heavy (non-hydrogen) atoms. The molecule has 2 atom stereocenters. The van der Waals surface area contributed by atoms with Gasteiger partial charge in [-0.25, -0.2) is 14.2 Å². The maximum absolute atomic E-state index is 13.3. The van der Waals surface area contributed by atoms with E-state index in [0.29, 0.717) is 40.7 Å². The number of rotatable bonds is 6. The predicted octanol–water partition coefficient (Wildman–Crippen LogP) is 3.63. The maximum Gasteiger partial charge on any atom is 0.407 e. The molecule has 4 aromatic rings. The van der Waals surface area contributed by atoms with Crippen LogP contribution in [-0.2, 0) is 11.3 Å². The van der Waals surface area contributed by atoms with E-state index >= 15 is 0 Å². The van der Waals surface area contributed by atoms with E-state index in [-0.39, 0.29) is 18.4 Å². The molecule has 1 fully saturated rings. The number of hydrogen-bond acceptors (Lipinski definition) is 7. The zero-order valence-corrected chi connectivity index (χ0v) is 18.4. The van der Waals surface area contributed by atoms with Crippen LogP contribution in [0.5, 0.6) is 0 Å². The Hall–Kier alpha value is -4.28. The van der Waals surface area contributed by atoms with E-state index < -0.39 is 12.3 Å². The van der Waals surface area contributed by atoms with E-state index in [4.69, 9.17) is 4.52 Å². The predicted molar refractivity (Wildman–Crippen MR) is 119 cm³/mol. The number of imidazole rings is 1. The standard InChI is InChI=1S/C23H21FN6O4/c1-12-3-4-14(20-28-22(34-29-20)15-9-16(15)24)8-17(12)27-21(31)18-11-25-19-7-13(5-6-30(18)19)10-26-23(32)33-2/h3-8,11,15-16H,9-10H2,1-2H3,(H,26,32)(H,27,31)/t15-,16-/m0/s1. The number of amides is 2. The first-order valence-corrected chi connectivity index (χ1v) is 10.6. The van der Waals surface area contributed by atoms with Crippen LogP contribution in [0.25, 0.3) is 17.0 Å². The van der Waals surface area contributed by atoms with Crippen LogP contribution in [0.15, 0.2) is 47.2 Å². The van der Waals surface area contributed by atoms with E-state index in [0.717, 1.165) is 11.1 Å². The molecule has 0 radical (unpaired) electrons. The molecule has 3 heterocycles. The number of ether oxygens (including phenoxy) is 1. The number of pyridine rings is 1. The number of alkyl carbamates (subject to hydrolysis) is 1. The molecule has 0 spiro atoms. The van der Waals surface area contributed by atoms with Gasteiger partial charge in [0.2, 0.25) is 11.7 Å². The summed E-state index contributed by atoms with van der Waals surface area (Å²) in [5.41, 5.74) is 3.79. The summed E-state index contributed by atoms with van der Waals surface area (Å²) in [4.78, 5) is 32.9. The van der Waals surface area contributed by atoms with Gasteiger partial charge in [-0.15, -0.1) is 0 Å². The van der Waals surface area contributed by atoms with Gasteiger partial charge < -0.3 is 19.9 Å². The highest BCUT2D eigenvalue weighted by molar-refractivity contribution is 6.04. The molecule has 0 aliphatic heterocycles. The molecule has 1 aliphatic rings. The lowest BCUT2D eigenvalue weighted by Gasteiger charge is -2.10. The molecule has 1 aliphatic carbocycles. The number of nitrogens with one attached hydrogen (secondary N) is 2. The second-order valence-electron chi connectivity index (χ2n) is 8.05. The molecule has 0 saturated heterocycles. The molecule has 1 saturated carbocycles. The minimum Gasteiger partial charge on any atom is -0.453 e. The molecule has 174 valence electrons. The summed E-state index contributed by atoms with van der Waals surface area (Å²) < 4.78 is 24.7. The first-order chi connectivity index (χ1) is 16.4. The number of hydrogen-bond donors (Lipinski definition) is 2. The number of methoxy groups -OCH3 is 1. The van der Waals surface area contributed by atoms with E-state index in [1.807, 2.05) is 19.1 Å². The highest BCUT2D eigenvalue weighted by Gasteiger charge is 2.43. The summed E-state index contributed by atoms with van der Waals surface area (Å²) in [6.07, 6.45) is 2.14. The lowest BCUT2D eigenvalue weighted by atomic mass is 10.1. The molecular weight excluding hydrogens is 443 g/mol. The normalized spacial score (nSPS) is 16.9. The Balaban J connectivity index is 1.34. The highest BCUT2D eigenvalue weighted by atomic mass is 19.1. The molecule has 10 nitrogen and oxygen atoms in total. The topological polar surface area (TPSA) is 124 Å². The fourth-order valence-electron chi connectivity index (χ4n) is 3.55. The van der Waals surface area contributed by atoms with Crippen molar-refractivity contribution in [3.8, 4) is 11.4 Å². The van der Waals surface area contributed by atoms with Gasteiger partial charge in [-0.2, -0.15) is 4.98 Å². The Morgan fingerprint density at radius 1 is 1.29 bits per heavy atom. The van der Waals surface area contributed by atoms with Gasteiger partial charge in [0.25, 0.3) is 5.91 Å². The molecule has 1 aromatic carbocycles. The van der Waals surface area contributed by atoms with Crippen molar-refractivity contribution in [2.24, 2.45) is 0 Å². The van der Waals surface area contributed by atoms with Crippen LogP contribution in [-0.4, -0.2) is 44.8 Å². The van der Waals surface area contributed by atoms with Gasteiger partial charge in [-0.05, 0) is 42.7 Å². The average molecular weight is 464 g/mol. The van der Waals surface area contributed by atoms with Gasteiger partial charge in [0.15, 0.2) is 0 Å². The number of benzene rings is 1. The van der Waals surface area contributed by atoms with Crippen molar-refractivity contribution in [3.63, 3.8) is 0 Å². The van der Waals surface area contributed by atoms with Crippen molar-refractivity contribution in [1.82, 2.24) is 24.8 Å². The summed E-state index contributed by atoms with van der Waals surface area (Å²) in [5.74, 6) is -0.0361. The first kappa shape index (κ1) is 21.6. The van der Waals surface area contributed by atoms with Crippen molar-refractivity contribution >= 4 is 23.3 Å². The SMILES string of the molecule is COC(=O)NCc1ccn2c(C(=O)Nc3cc(-c4noc([C@H]5C[C@@H]5F)n4)ccc3C)cnc2c1. The monoisotopic (exact) mass is 464 g/mol. The second-order valence-corrected chi connectivity index (χ2v) is 8.05. The van der Waals surface area contributed by atoms with Gasteiger partial charge in [-0.3, -0.25) is 9.20 Å². The summed E-state index contributed by atoms with van der Waals surface area (Å²) in [6, 6.07) is 8.96. The number of carbonyl (C=O) groups excluding carboxylic acids is 2. The van der Waals surface area contributed by atoms with Crippen molar-refractivity contribution in [1.29, 1.82) is 0 Å². The van der Waals surface area contributed by atoms with Crippen LogP contribution in [0.1, 0.15) is 39.8 Å². The van der Waals surface area contributed by atoms with Crippen LogP contribution in [0.3, 0.4) is 0 Å². The third kappa shape index (κ3) is 4.19. The lowest BCUT2D eigenvalue weighted by molar-refractivity contribution is 0.102. The number of anilines is 1. The minimum absolute atomic E-state index is 0.272. The second kappa shape index (κ2) is 8.58. The van der Waals surface area contributed by atoms with Crippen molar-refractivity contribution in [2.75, 3.05) is 12.4 Å². The van der Waals surface area contributed by atoms with Crippen molar-refractivity contribution in [2.45, 2.75) is 32.0 Å². The molecule has 0 bridgehead atoms. The number of alkyl halides is 1. The molecule has 11 heteroatoms. The van der Waals surface area contributed by atoms with Gasteiger partial charge in [0.1, 0.15) is 17.5 Å². The van der Waals surface area contributed by atoms with E-state index in [2.05, 4.69) is 30.5 Å². The quantitative estimate of drug-likeness (QED) is 0.447. The van der Waals surface area contributed by atoms with Crippen LogP contribution in [0.4, 0.5) is 14.9 Å². The fraction of sp³-hybridized carbons (Fsp3) is 0.261. The fourth-order valence-corrected chi connectivity index (χ4v) is 3.55. The lowest BCUT2D eigenvalue weighted by Crippen LogP contribution is -2.22. The van der Waals surface area contributed by atoms with Gasteiger partial charge in [0.05, 0.1) is 19.2 Å². The number of halogens is 1. The van der Waals surface area contributed by atoms with Crippen molar-refractivity contribution < 1.29 is 23.2 Å². The molecule has 2 amide bonds. The number of aryl methyl sites for hydroxylation is 1. The van der Waals surface area contributed by atoms with E-state index in [1.165, 1.54) is 13.3 Å². The Labute approximate surface area is 193 Å². The zero-order valence-electron chi connectivity index (χ0n) is 18.4. The van der Waals surface area contributed by atoms with Crippen LogP contribution >= 0.6 is 0 Å². The summed E-state index contributed by atoms with van der Waals surface area (Å²) in [5, 5.41) is 9.46. The van der Waals surface area contributed by atoms with Crippen molar-refractivity contribution in [3.05, 3.63) is 65.4 Å². The van der Waals surface area contributed by atoms with Gasteiger partial charge in [0, 0.05) is 24.0 Å². The smallest absolute Gasteiger partial charge is 0.407 e. The highest BCUT2D eigenvalue weighted by Crippen LogP contribution is 2.43. The molecule has 5 rings (SSSR count). The number of carbonyl (C=O) groups is 2. The third-order valence-corrected chi connectivity index (χ3v) is 5.65. The Bertz CT molecular complexity index is 1400. The van der Waals surface area contributed by atoms with Gasteiger partial charge in [-0.1, -0.05) is 17.3 Å². The first-order valence-electron chi connectivity index (χ1n) is 10.6. The Kier molecular flexibility index (Phi) is 5.44. The average Bonchev–Trinajstić information content (AvgIpc) is 3.23. The van der Waals surface area contributed by atoms with Crippen LogP contribution in [0, 0.1) is 6.92 Å². The van der Waals surface area contributed by atoms with Crippen LogP contribution < -0.4 is 10.6 Å². The third-order valence-electron chi connectivity index (χ3n) is 5.65. The minimum atomic E-state index is -0.924. The van der Waals surface area contributed by atoms with E-state index in [9.17, 15) is 14.0 Å². The Morgan fingerprint density at radius 2 is 2.12 bits per heavy atom. The molecule has 2 N–H and O–H groups in total. The summed E-state index contributed by atoms with van der Waals surface area (Å²) in [6.45, 7) is 2.14. The van der Waals surface area contributed by atoms with E-state index in [1.54, 1.807) is 28.8 Å². The number of fused-ring (bicyclic) bond motifs is 1. The zero-order chi connectivity index (χ0) is 23.8. The Morgan fingerprint density at radius 3 is 2.88 bits per heavy atom. The molecule has 3 aromatic heterocycles. The van der Waals surface area contributed by atoms with Crippen LogP contribution in [0.2, 0.25) is 0 Å². The molecule has 0 unspecified atom stereocenters.